The Kier molecular flexibility index (Phi) is 4.40. The van der Waals surface area contributed by atoms with Crippen molar-refractivity contribution in [1.82, 2.24) is 10.2 Å². The van der Waals surface area contributed by atoms with Crippen LogP contribution in [0.4, 0.5) is 0 Å². The van der Waals surface area contributed by atoms with Gasteiger partial charge in [-0.3, -0.25) is 4.79 Å². The second-order valence-electron chi connectivity index (χ2n) is 5.12. The summed E-state index contributed by atoms with van der Waals surface area (Å²) in [6.07, 6.45) is 4.11. The second-order valence-corrected chi connectivity index (χ2v) is 5.12. The lowest BCUT2D eigenvalue weighted by Crippen LogP contribution is -2.49. The van der Waals surface area contributed by atoms with Gasteiger partial charge < -0.3 is 15.0 Å². The van der Waals surface area contributed by atoms with Crippen molar-refractivity contribution < 1.29 is 9.53 Å². The highest BCUT2D eigenvalue weighted by molar-refractivity contribution is 5.81. The molecular formula is C13H24N2O2. The number of carbonyl (C=O) groups excluding carboxylic acids is 1. The van der Waals surface area contributed by atoms with Gasteiger partial charge in [0.05, 0.1) is 6.10 Å². The van der Waals surface area contributed by atoms with Crippen LogP contribution in [0.2, 0.25) is 0 Å². The maximum absolute atomic E-state index is 12.4. The molecule has 0 bridgehead atoms. The van der Waals surface area contributed by atoms with Crippen molar-refractivity contribution in [1.29, 1.82) is 0 Å². The van der Waals surface area contributed by atoms with Gasteiger partial charge in [0.1, 0.15) is 6.10 Å². The first-order chi connectivity index (χ1) is 8.22. The zero-order chi connectivity index (χ0) is 12.3. The van der Waals surface area contributed by atoms with Gasteiger partial charge in [-0.25, -0.2) is 0 Å². The monoisotopic (exact) mass is 240 g/mol. The number of carbonyl (C=O) groups is 1. The van der Waals surface area contributed by atoms with E-state index >= 15 is 0 Å². The highest BCUT2D eigenvalue weighted by Crippen LogP contribution is 2.23. The van der Waals surface area contributed by atoms with Crippen molar-refractivity contribution in [3.05, 3.63) is 0 Å². The third-order valence-electron chi connectivity index (χ3n) is 3.88. The minimum Gasteiger partial charge on any atom is -0.365 e. The molecule has 2 heterocycles. The first-order valence-electron chi connectivity index (χ1n) is 6.89. The second kappa shape index (κ2) is 5.83. The molecule has 17 heavy (non-hydrogen) atoms. The quantitative estimate of drug-likeness (QED) is 0.804. The number of amides is 1. The Labute approximate surface area is 104 Å². The number of rotatable bonds is 3. The third-order valence-corrected chi connectivity index (χ3v) is 3.88. The Hall–Kier alpha value is -0.610. The predicted molar refractivity (Wildman–Crippen MR) is 66.8 cm³/mol. The Balaban J connectivity index is 1.94. The lowest BCUT2D eigenvalue weighted by Gasteiger charge is -2.35. The van der Waals surface area contributed by atoms with Crippen LogP contribution in [0.5, 0.6) is 0 Å². The van der Waals surface area contributed by atoms with Crippen molar-refractivity contribution in [2.75, 3.05) is 19.6 Å². The van der Waals surface area contributed by atoms with Gasteiger partial charge in [0.15, 0.2) is 0 Å². The van der Waals surface area contributed by atoms with Crippen LogP contribution in [0.1, 0.15) is 39.5 Å². The molecule has 0 aromatic carbocycles. The van der Waals surface area contributed by atoms with Gasteiger partial charge >= 0.3 is 0 Å². The number of piperidine rings is 1. The summed E-state index contributed by atoms with van der Waals surface area (Å²) in [7, 11) is 0. The molecule has 0 saturated carbocycles. The molecule has 1 N–H and O–H groups in total. The minimum atomic E-state index is -0.181. The molecule has 4 nitrogen and oxygen atoms in total. The molecule has 1 amide bonds. The van der Waals surface area contributed by atoms with Gasteiger partial charge in [-0.2, -0.15) is 0 Å². The molecule has 0 aromatic rings. The van der Waals surface area contributed by atoms with E-state index in [-0.39, 0.29) is 18.1 Å². The van der Waals surface area contributed by atoms with E-state index in [4.69, 9.17) is 4.74 Å². The number of nitrogens with zero attached hydrogens (tertiary/aromatic N) is 1. The molecule has 2 fully saturated rings. The van der Waals surface area contributed by atoms with Crippen LogP contribution in [0.15, 0.2) is 0 Å². The molecule has 4 heteroatoms. The molecule has 0 spiro atoms. The maximum atomic E-state index is 12.4. The molecular weight excluding hydrogens is 216 g/mol. The van der Waals surface area contributed by atoms with Crippen molar-refractivity contribution >= 4 is 5.91 Å². The maximum Gasteiger partial charge on any atom is 0.251 e. The first kappa shape index (κ1) is 12.8. The highest BCUT2D eigenvalue weighted by atomic mass is 16.5. The normalized spacial score (nSPS) is 30.5. The lowest BCUT2D eigenvalue weighted by molar-refractivity contribution is -0.145. The molecule has 0 aliphatic carbocycles. The van der Waals surface area contributed by atoms with Gasteiger partial charge in [-0.15, -0.1) is 0 Å². The summed E-state index contributed by atoms with van der Waals surface area (Å²) < 4.78 is 5.69. The molecule has 2 unspecified atom stereocenters. The lowest BCUT2D eigenvalue weighted by atomic mass is 10.0. The van der Waals surface area contributed by atoms with E-state index in [0.717, 1.165) is 45.3 Å². The molecule has 2 rings (SSSR count). The molecule has 0 aromatic heterocycles. The fraction of sp³-hybridized carbons (Fsp3) is 0.923. The van der Waals surface area contributed by atoms with Crippen LogP contribution >= 0.6 is 0 Å². The standard InChI is InChI=1S/C13H24N2O2/c1-3-15(11-6-8-14-9-7-11)13(16)12-5-4-10(2)17-12/h10-12,14H,3-9H2,1-2H3. The zero-order valence-electron chi connectivity index (χ0n) is 10.9. The predicted octanol–water partition coefficient (Wildman–Crippen LogP) is 1.15. The van der Waals surface area contributed by atoms with Crippen LogP contribution in [0, 0.1) is 0 Å². The van der Waals surface area contributed by atoms with E-state index in [9.17, 15) is 4.79 Å². The molecule has 2 saturated heterocycles. The molecule has 2 aliphatic rings. The fourth-order valence-corrected chi connectivity index (χ4v) is 2.88. The van der Waals surface area contributed by atoms with E-state index in [2.05, 4.69) is 12.2 Å². The molecule has 2 atom stereocenters. The van der Waals surface area contributed by atoms with Gasteiger partial charge in [-0.1, -0.05) is 0 Å². The van der Waals surface area contributed by atoms with Crippen LogP contribution < -0.4 is 5.32 Å². The van der Waals surface area contributed by atoms with Gasteiger partial charge in [0, 0.05) is 12.6 Å². The SMILES string of the molecule is CCN(C(=O)C1CCC(C)O1)C1CCNCC1. The van der Waals surface area contributed by atoms with Crippen LogP contribution in [0.3, 0.4) is 0 Å². The third kappa shape index (κ3) is 2.99. The Morgan fingerprint density at radius 1 is 1.29 bits per heavy atom. The van der Waals surface area contributed by atoms with Crippen molar-refractivity contribution in [3.8, 4) is 0 Å². The molecule has 98 valence electrons. The summed E-state index contributed by atoms with van der Waals surface area (Å²) in [5.74, 6) is 0.212. The first-order valence-corrected chi connectivity index (χ1v) is 6.89. The summed E-state index contributed by atoms with van der Waals surface area (Å²) in [6.45, 7) is 6.97. The number of likely N-dealkylation sites (N-methyl/N-ethyl adjacent to an activating group) is 1. The van der Waals surface area contributed by atoms with Gasteiger partial charge in [0.25, 0.3) is 5.91 Å². The molecule has 2 aliphatic heterocycles. The summed E-state index contributed by atoms with van der Waals surface area (Å²) in [5.41, 5.74) is 0. The zero-order valence-corrected chi connectivity index (χ0v) is 10.9. The number of nitrogens with one attached hydrogen (secondary N) is 1. The fourth-order valence-electron chi connectivity index (χ4n) is 2.88. The Morgan fingerprint density at radius 3 is 2.53 bits per heavy atom. The van der Waals surface area contributed by atoms with Crippen molar-refractivity contribution in [2.24, 2.45) is 0 Å². The van der Waals surface area contributed by atoms with Gasteiger partial charge in [-0.05, 0) is 52.6 Å². The smallest absolute Gasteiger partial charge is 0.251 e. The van der Waals surface area contributed by atoms with Crippen LogP contribution in [0.25, 0.3) is 0 Å². The molecule has 0 radical (unpaired) electrons. The average Bonchev–Trinajstić information content (AvgIpc) is 2.78. The van der Waals surface area contributed by atoms with Crippen LogP contribution in [-0.4, -0.2) is 48.7 Å². The summed E-state index contributed by atoms with van der Waals surface area (Å²) in [6, 6.07) is 0.410. The van der Waals surface area contributed by atoms with Crippen molar-refractivity contribution in [2.45, 2.75) is 57.8 Å². The summed E-state index contributed by atoms with van der Waals surface area (Å²) in [5, 5.41) is 3.34. The average molecular weight is 240 g/mol. The van der Waals surface area contributed by atoms with E-state index in [1.807, 2.05) is 11.8 Å². The van der Waals surface area contributed by atoms with E-state index in [1.165, 1.54) is 0 Å². The topological polar surface area (TPSA) is 41.6 Å². The highest BCUT2D eigenvalue weighted by Gasteiger charge is 2.34. The van der Waals surface area contributed by atoms with Crippen LogP contribution in [-0.2, 0) is 9.53 Å². The number of hydrogen-bond donors (Lipinski definition) is 1. The minimum absolute atomic E-state index is 0.181. The van der Waals surface area contributed by atoms with Crippen molar-refractivity contribution in [3.63, 3.8) is 0 Å². The summed E-state index contributed by atoms with van der Waals surface area (Å²) >= 11 is 0. The largest absolute Gasteiger partial charge is 0.365 e. The number of ether oxygens (including phenoxy) is 1. The van der Waals surface area contributed by atoms with E-state index < -0.39 is 0 Å². The van der Waals surface area contributed by atoms with E-state index in [0.29, 0.717) is 6.04 Å². The van der Waals surface area contributed by atoms with E-state index in [1.54, 1.807) is 0 Å². The number of hydrogen-bond acceptors (Lipinski definition) is 3. The Bertz CT molecular complexity index is 264. The Morgan fingerprint density at radius 2 is 2.00 bits per heavy atom. The summed E-state index contributed by atoms with van der Waals surface area (Å²) in [4.78, 5) is 14.4. The van der Waals surface area contributed by atoms with Gasteiger partial charge in [0.2, 0.25) is 0 Å².